The van der Waals surface area contributed by atoms with E-state index >= 15 is 0 Å². The first-order valence-corrected chi connectivity index (χ1v) is 5.99. The third-order valence-electron chi connectivity index (χ3n) is 3.26. The number of halogens is 1. The van der Waals surface area contributed by atoms with Gasteiger partial charge in [0.2, 0.25) is 5.60 Å². The Hall–Kier alpha value is -1.36. The van der Waals surface area contributed by atoms with Gasteiger partial charge in [-0.2, -0.15) is 0 Å². The molecule has 0 spiro atoms. The fourth-order valence-electron chi connectivity index (χ4n) is 2.27. The Morgan fingerprint density at radius 3 is 3.06 bits per heavy atom. The summed E-state index contributed by atoms with van der Waals surface area (Å²) in [6, 6.07) is 5.19. The van der Waals surface area contributed by atoms with E-state index in [-0.39, 0.29) is 5.78 Å². The van der Waals surface area contributed by atoms with Crippen molar-refractivity contribution in [1.82, 2.24) is 0 Å². The molecule has 4 nitrogen and oxygen atoms in total. The highest BCUT2D eigenvalue weighted by molar-refractivity contribution is 9.10. The maximum atomic E-state index is 12.1. The lowest BCUT2D eigenvalue weighted by Crippen LogP contribution is -2.38. The van der Waals surface area contributed by atoms with E-state index in [9.17, 15) is 9.59 Å². The number of rotatable bonds is 1. The van der Waals surface area contributed by atoms with Crippen molar-refractivity contribution in [3.8, 4) is 5.75 Å². The number of esters is 1. The number of fused-ring (bicyclic) bond motifs is 2. The van der Waals surface area contributed by atoms with Crippen molar-refractivity contribution in [2.45, 2.75) is 12.0 Å². The largest absolute Gasteiger partial charge is 0.474 e. The zero-order chi connectivity index (χ0) is 12.2. The highest BCUT2D eigenvalue weighted by Gasteiger charge is 2.70. The van der Waals surface area contributed by atoms with Gasteiger partial charge in [0.25, 0.3) is 0 Å². The van der Waals surface area contributed by atoms with Crippen LogP contribution in [-0.2, 0) is 9.53 Å². The van der Waals surface area contributed by atoms with Crippen molar-refractivity contribution in [1.29, 1.82) is 0 Å². The van der Waals surface area contributed by atoms with Crippen LogP contribution in [0.5, 0.6) is 5.75 Å². The molecule has 0 saturated heterocycles. The van der Waals surface area contributed by atoms with E-state index in [1.807, 2.05) is 0 Å². The SMILES string of the molecule is COC(=O)[C@@]12C[C@@H]1C(=O)c1cc(Br)ccc1O2. The van der Waals surface area contributed by atoms with Crippen molar-refractivity contribution in [2.24, 2.45) is 5.92 Å². The molecule has 1 saturated carbocycles. The lowest BCUT2D eigenvalue weighted by molar-refractivity contribution is -0.151. The lowest BCUT2D eigenvalue weighted by atomic mass is 10.0. The van der Waals surface area contributed by atoms with Gasteiger partial charge < -0.3 is 9.47 Å². The van der Waals surface area contributed by atoms with Crippen molar-refractivity contribution in [2.75, 3.05) is 7.11 Å². The third-order valence-corrected chi connectivity index (χ3v) is 3.75. The van der Waals surface area contributed by atoms with Gasteiger partial charge in [-0.05, 0) is 18.2 Å². The Labute approximate surface area is 106 Å². The van der Waals surface area contributed by atoms with E-state index in [0.717, 1.165) is 4.47 Å². The number of methoxy groups -OCH3 is 1. The minimum absolute atomic E-state index is 0.0436. The number of benzene rings is 1. The fourth-order valence-corrected chi connectivity index (χ4v) is 2.63. The van der Waals surface area contributed by atoms with E-state index < -0.39 is 17.5 Å². The Kier molecular flexibility index (Phi) is 2.10. The van der Waals surface area contributed by atoms with Crippen molar-refractivity contribution < 1.29 is 19.1 Å². The first kappa shape index (κ1) is 10.8. The molecule has 0 radical (unpaired) electrons. The number of ketones is 1. The molecule has 17 heavy (non-hydrogen) atoms. The number of carbonyl (C=O) groups excluding carboxylic acids is 2. The van der Waals surface area contributed by atoms with Crippen LogP contribution < -0.4 is 4.74 Å². The van der Waals surface area contributed by atoms with Crippen LogP contribution in [-0.4, -0.2) is 24.5 Å². The minimum atomic E-state index is -1.06. The molecule has 0 N–H and O–H groups in total. The van der Waals surface area contributed by atoms with E-state index in [4.69, 9.17) is 9.47 Å². The number of hydrogen-bond donors (Lipinski definition) is 0. The number of hydrogen-bond acceptors (Lipinski definition) is 4. The summed E-state index contributed by atoms with van der Waals surface area (Å²) in [6.07, 6.45) is 0.408. The van der Waals surface area contributed by atoms with Gasteiger partial charge >= 0.3 is 5.97 Å². The average Bonchev–Trinajstić information content (AvgIpc) is 3.06. The fraction of sp³-hybridized carbons (Fsp3) is 0.333. The molecule has 0 bridgehead atoms. The molecule has 1 heterocycles. The Bertz CT molecular complexity index is 539. The smallest absolute Gasteiger partial charge is 0.351 e. The molecule has 1 fully saturated rings. The highest BCUT2D eigenvalue weighted by Crippen LogP contribution is 2.54. The molecule has 88 valence electrons. The maximum Gasteiger partial charge on any atom is 0.351 e. The molecular weight excluding hydrogens is 288 g/mol. The quantitative estimate of drug-likeness (QED) is 0.744. The first-order chi connectivity index (χ1) is 8.08. The van der Waals surface area contributed by atoms with Crippen LogP contribution in [0.3, 0.4) is 0 Å². The summed E-state index contributed by atoms with van der Waals surface area (Å²) in [5.74, 6) is -0.448. The maximum absolute atomic E-state index is 12.1. The van der Waals surface area contributed by atoms with Crippen LogP contribution in [0.2, 0.25) is 0 Å². The standard InChI is InChI=1S/C12H9BrO4/c1-16-11(15)12-5-8(12)10(14)7-4-6(13)2-3-9(7)17-12/h2-4,8H,5H2,1H3/t8-,12-/m1/s1. The molecule has 1 aliphatic carbocycles. The molecular formula is C12H9BrO4. The Morgan fingerprint density at radius 2 is 2.35 bits per heavy atom. The summed E-state index contributed by atoms with van der Waals surface area (Å²) in [5, 5.41) is 0. The summed E-state index contributed by atoms with van der Waals surface area (Å²) in [5.41, 5.74) is -0.534. The second-order valence-electron chi connectivity index (χ2n) is 4.24. The molecule has 1 aromatic carbocycles. The zero-order valence-corrected chi connectivity index (χ0v) is 10.6. The molecule has 2 aliphatic rings. The second-order valence-corrected chi connectivity index (χ2v) is 5.16. The normalized spacial score (nSPS) is 28.8. The molecule has 3 rings (SSSR count). The van der Waals surface area contributed by atoms with Gasteiger partial charge in [0, 0.05) is 10.9 Å². The summed E-state index contributed by atoms with van der Waals surface area (Å²) in [4.78, 5) is 23.8. The van der Waals surface area contributed by atoms with Crippen LogP contribution >= 0.6 is 15.9 Å². The lowest BCUT2D eigenvalue weighted by Gasteiger charge is -2.23. The summed E-state index contributed by atoms with van der Waals surface area (Å²) in [7, 11) is 1.30. The van der Waals surface area contributed by atoms with Gasteiger partial charge in [0.15, 0.2) is 5.78 Å². The molecule has 0 unspecified atom stereocenters. The summed E-state index contributed by atoms with van der Waals surface area (Å²) >= 11 is 3.31. The summed E-state index contributed by atoms with van der Waals surface area (Å²) in [6.45, 7) is 0. The molecule has 2 atom stereocenters. The van der Waals surface area contributed by atoms with Crippen molar-refractivity contribution >= 4 is 27.7 Å². The van der Waals surface area contributed by atoms with Crippen LogP contribution in [0.4, 0.5) is 0 Å². The van der Waals surface area contributed by atoms with Crippen LogP contribution in [0.15, 0.2) is 22.7 Å². The predicted molar refractivity (Wildman–Crippen MR) is 62.0 cm³/mol. The van der Waals surface area contributed by atoms with Crippen LogP contribution in [0.25, 0.3) is 0 Å². The van der Waals surface area contributed by atoms with E-state index in [1.165, 1.54) is 7.11 Å². The molecule has 1 aliphatic heterocycles. The summed E-state index contributed by atoms with van der Waals surface area (Å²) < 4.78 is 11.2. The zero-order valence-electron chi connectivity index (χ0n) is 9.03. The monoisotopic (exact) mass is 296 g/mol. The topological polar surface area (TPSA) is 52.6 Å². The molecule has 5 heteroatoms. The van der Waals surface area contributed by atoms with Gasteiger partial charge in [-0.3, -0.25) is 4.79 Å². The van der Waals surface area contributed by atoms with Crippen molar-refractivity contribution in [3.63, 3.8) is 0 Å². The third kappa shape index (κ3) is 1.35. The van der Waals surface area contributed by atoms with Crippen LogP contribution in [0.1, 0.15) is 16.8 Å². The second kappa shape index (κ2) is 3.32. The van der Waals surface area contributed by atoms with E-state index in [2.05, 4.69) is 15.9 Å². The molecule has 0 aromatic heterocycles. The number of ether oxygens (including phenoxy) is 2. The van der Waals surface area contributed by atoms with Crippen molar-refractivity contribution in [3.05, 3.63) is 28.2 Å². The van der Waals surface area contributed by atoms with Gasteiger partial charge in [-0.25, -0.2) is 4.79 Å². The van der Waals surface area contributed by atoms with Gasteiger partial charge in [-0.15, -0.1) is 0 Å². The first-order valence-electron chi connectivity index (χ1n) is 5.20. The predicted octanol–water partition coefficient (Wildman–Crippen LogP) is 1.96. The Balaban J connectivity index is 2.06. The van der Waals surface area contributed by atoms with Gasteiger partial charge in [0.1, 0.15) is 5.75 Å². The molecule has 1 aromatic rings. The van der Waals surface area contributed by atoms with E-state index in [0.29, 0.717) is 17.7 Å². The number of carbonyl (C=O) groups is 2. The number of Topliss-reactive ketones (excluding diaryl/α,β-unsaturated/α-hetero) is 1. The average molecular weight is 297 g/mol. The van der Waals surface area contributed by atoms with E-state index in [1.54, 1.807) is 18.2 Å². The molecule has 0 amide bonds. The van der Waals surface area contributed by atoms with Gasteiger partial charge in [0.05, 0.1) is 18.6 Å². The Morgan fingerprint density at radius 1 is 1.59 bits per heavy atom. The van der Waals surface area contributed by atoms with Crippen LogP contribution in [0, 0.1) is 5.92 Å². The highest BCUT2D eigenvalue weighted by atomic mass is 79.9. The minimum Gasteiger partial charge on any atom is -0.474 e. The van der Waals surface area contributed by atoms with Gasteiger partial charge in [-0.1, -0.05) is 15.9 Å².